The van der Waals surface area contributed by atoms with E-state index in [1.165, 1.54) is 23.0 Å². The number of hydrogen-bond donors (Lipinski definition) is 1. The monoisotopic (exact) mass is 351 g/mol. The minimum atomic E-state index is -3.62. The van der Waals surface area contributed by atoms with Crippen molar-refractivity contribution in [3.05, 3.63) is 72.8 Å². The predicted molar refractivity (Wildman–Crippen MR) is 92.4 cm³/mol. The summed E-state index contributed by atoms with van der Waals surface area (Å²) in [6.45, 7) is 0. The van der Waals surface area contributed by atoms with Gasteiger partial charge < -0.3 is 5.11 Å². The highest BCUT2D eigenvalue weighted by atomic mass is 32.2. The fourth-order valence-corrected chi connectivity index (χ4v) is 3.84. The molecule has 3 aromatic carbocycles. The lowest BCUT2D eigenvalue weighted by Crippen LogP contribution is -2.01. The summed E-state index contributed by atoms with van der Waals surface area (Å²) in [6, 6.07) is 19.5. The number of fused-ring (bicyclic) bond motifs is 1. The minimum absolute atomic E-state index is 0.0416. The Kier molecular flexibility index (Phi) is 3.51. The molecule has 0 aliphatic carbocycles. The number of aromatic nitrogens is 3. The van der Waals surface area contributed by atoms with Crippen molar-refractivity contribution in [3.8, 4) is 11.4 Å². The molecule has 0 amide bonds. The number of nitrogens with zero attached hydrogens (tertiary/aromatic N) is 3. The van der Waals surface area contributed by atoms with Gasteiger partial charge in [0, 0.05) is 0 Å². The Hall–Kier alpha value is -3.19. The van der Waals surface area contributed by atoms with Crippen LogP contribution in [0.4, 0.5) is 0 Å². The lowest BCUT2D eigenvalue weighted by atomic mass is 10.3. The predicted octanol–water partition coefficient (Wildman–Crippen LogP) is 2.96. The van der Waals surface area contributed by atoms with Gasteiger partial charge in [0.25, 0.3) is 0 Å². The first-order chi connectivity index (χ1) is 12.1. The molecule has 4 aromatic rings. The van der Waals surface area contributed by atoms with Crippen LogP contribution in [0, 0.1) is 0 Å². The lowest BCUT2D eigenvalue weighted by Gasteiger charge is -2.03. The Morgan fingerprint density at radius 2 is 1.44 bits per heavy atom. The molecule has 0 fully saturated rings. The molecule has 0 bridgehead atoms. The van der Waals surface area contributed by atoms with Crippen molar-refractivity contribution in [3.63, 3.8) is 0 Å². The number of benzene rings is 3. The molecule has 7 heteroatoms. The van der Waals surface area contributed by atoms with Crippen molar-refractivity contribution in [2.45, 2.75) is 9.79 Å². The van der Waals surface area contributed by atoms with E-state index in [1.54, 1.807) is 54.6 Å². The van der Waals surface area contributed by atoms with Crippen molar-refractivity contribution in [2.75, 3.05) is 0 Å². The molecule has 0 radical (unpaired) electrons. The molecule has 0 saturated heterocycles. The standard InChI is InChI=1S/C18H13N3O3S/c22-18-9-5-4-8-17(18)21-19-15-11-10-14(12-16(15)20-21)25(23,24)13-6-2-1-3-7-13/h1-12,22H. The average Bonchev–Trinajstić information content (AvgIpc) is 3.06. The summed E-state index contributed by atoms with van der Waals surface area (Å²) in [5, 5.41) is 18.5. The van der Waals surface area contributed by atoms with Crippen molar-refractivity contribution >= 4 is 20.9 Å². The maximum absolute atomic E-state index is 12.7. The van der Waals surface area contributed by atoms with Gasteiger partial charge in [-0.3, -0.25) is 0 Å². The van der Waals surface area contributed by atoms with E-state index in [1.807, 2.05) is 0 Å². The molecule has 0 spiro atoms. The van der Waals surface area contributed by atoms with E-state index in [9.17, 15) is 13.5 Å². The van der Waals surface area contributed by atoms with Gasteiger partial charge >= 0.3 is 0 Å². The quantitative estimate of drug-likeness (QED) is 0.613. The second kappa shape index (κ2) is 5.71. The van der Waals surface area contributed by atoms with Gasteiger partial charge in [-0.15, -0.1) is 15.0 Å². The Morgan fingerprint density at radius 3 is 2.20 bits per heavy atom. The summed E-state index contributed by atoms with van der Waals surface area (Å²) in [5.74, 6) is 0.0416. The second-order valence-electron chi connectivity index (χ2n) is 5.45. The van der Waals surface area contributed by atoms with E-state index in [0.717, 1.165) is 0 Å². The fourth-order valence-electron chi connectivity index (χ4n) is 2.54. The molecule has 1 aromatic heterocycles. The smallest absolute Gasteiger partial charge is 0.206 e. The zero-order valence-corrected chi connectivity index (χ0v) is 13.8. The molecule has 6 nitrogen and oxygen atoms in total. The molecule has 25 heavy (non-hydrogen) atoms. The van der Waals surface area contributed by atoms with Crippen LogP contribution in [0.1, 0.15) is 0 Å². The highest BCUT2D eigenvalue weighted by Crippen LogP contribution is 2.25. The third-order valence-corrected chi connectivity index (χ3v) is 5.58. The molecule has 0 aliphatic rings. The first-order valence-corrected chi connectivity index (χ1v) is 9.00. The highest BCUT2D eigenvalue weighted by molar-refractivity contribution is 7.91. The maximum atomic E-state index is 12.7. The van der Waals surface area contributed by atoms with Gasteiger partial charge in [0.05, 0.1) is 9.79 Å². The van der Waals surface area contributed by atoms with Crippen LogP contribution in [-0.2, 0) is 9.84 Å². The summed E-state index contributed by atoms with van der Waals surface area (Å²) >= 11 is 0. The van der Waals surface area contributed by atoms with Crippen LogP contribution in [0.15, 0.2) is 82.6 Å². The third kappa shape index (κ3) is 2.64. The molecular formula is C18H13N3O3S. The molecule has 1 N–H and O–H groups in total. The van der Waals surface area contributed by atoms with E-state index in [4.69, 9.17) is 0 Å². The Morgan fingerprint density at radius 1 is 0.760 bits per heavy atom. The number of aromatic hydroxyl groups is 1. The normalized spacial score (nSPS) is 11.7. The second-order valence-corrected chi connectivity index (χ2v) is 7.39. The van der Waals surface area contributed by atoms with Crippen molar-refractivity contribution in [1.29, 1.82) is 0 Å². The van der Waals surface area contributed by atoms with Gasteiger partial charge in [-0.2, -0.15) is 0 Å². The Balaban J connectivity index is 1.83. The average molecular weight is 351 g/mol. The largest absolute Gasteiger partial charge is 0.506 e. The van der Waals surface area contributed by atoms with Gasteiger partial charge in [-0.25, -0.2) is 8.42 Å². The number of phenols is 1. The first-order valence-electron chi connectivity index (χ1n) is 7.51. The Bertz CT molecular complexity index is 1170. The summed E-state index contributed by atoms with van der Waals surface area (Å²) in [4.78, 5) is 1.66. The number of para-hydroxylation sites is 2. The molecule has 0 atom stereocenters. The number of phenolic OH excluding ortho intramolecular Hbond substituents is 1. The van der Waals surface area contributed by atoms with Gasteiger partial charge in [0.15, 0.2) is 0 Å². The summed E-state index contributed by atoms with van der Waals surface area (Å²) in [7, 11) is -3.62. The van der Waals surface area contributed by atoms with E-state index in [-0.39, 0.29) is 15.5 Å². The Labute approximate surface area is 143 Å². The van der Waals surface area contributed by atoms with E-state index >= 15 is 0 Å². The van der Waals surface area contributed by atoms with Gasteiger partial charge in [0.2, 0.25) is 9.84 Å². The number of hydrogen-bond acceptors (Lipinski definition) is 5. The van der Waals surface area contributed by atoms with Crippen molar-refractivity contribution in [1.82, 2.24) is 15.0 Å². The molecular weight excluding hydrogens is 338 g/mol. The summed E-state index contributed by atoms with van der Waals surface area (Å²) in [6.07, 6.45) is 0. The molecule has 4 rings (SSSR count). The summed E-state index contributed by atoms with van der Waals surface area (Å²) in [5.41, 5.74) is 1.39. The van der Waals surface area contributed by atoms with Crippen LogP contribution in [-0.4, -0.2) is 28.5 Å². The first kappa shape index (κ1) is 15.3. The molecule has 0 saturated carbocycles. The SMILES string of the molecule is O=S(=O)(c1ccccc1)c1ccc2nn(-c3ccccc3O)nc2c1. The third-order valence-electron chi connectivity index (χ3n) is 3.81. The van der Waals surface area contributed by atoms with E-state index in [2.05, 4.69) is 10.2 Å². The zero-order chi connectivity index (χ0) is 17.4. The topological polar surface area (TPSA) is 85.1 Å². The maximum Gasteiger partial charge on any atom is 0.206 e. The molecule has 0 unspecified atom stereocenters. The lowest BCUT2D eigenvalue weighted by molar-refractivity contribution is 0.468. The van der Waals surface area contributed by atoms with Gasteiger partial charge in [-0.05, 0) is 42.5 Å². The van der Waals surface area contributed by atoms with Crippen molar-refractivity contribution in [2.24, 2.45) is 0 Å². The molecule has 124 valence electrons. The van der Waals surface area contributed by atoms with Gasteiger partial charge in [-0.1, -0.05) is 30.3 Å². The minimum Gasteiger partial charge on any atom is -0.506 e. The molecule has 1 heterocycles. The van der Waals surface area contributed by atoms with Crippen LogP contribution >= 0.6 is 0 Å². The zero-order valence-electron chi connectivity index (χ0n) is 12.9. The van der Waals surface area contributed by atoms with E-state index in [0.29, 0.717) is 16.7 Å². The number of rotatable bonds is 3. The van der Waals surface area contributed by atoms with Crippen LogP contribution in [0.2, 0.25) is 0 Å². The molecule has 0 aliphatic heterocycles. The van der Waals surface area contributed by atoms with Crippen LogP contribution in [0.25, 0.3) is 16.7 Å². The number of sulfone groups is 1. The van der Waals surface area contributed by atoms with Gasteiger partial charge in [0.1, 0.15) is 22.5 Å². The fraction of sp³-hybridized carbons (Fsp3) is 0. The van der Waals surface area contributed by atoms with E-state index < -0.39 is 9.84 Å². The van der Waals surface area contributed by atoms with Crippen LogP contribution in [0.5, 0.6) is 5.75 Å². The highest BCUT2D eigenvalue weighted by Gasteiger charge is 2.19. The van der Waals surface area contributed by atoms with Crippen LogP contribution < -0.4 is 0 Å². The van der Waals surface area contributed by atoms with Crippen molar-refractivity contribution < 1.29 is 13.5 Å². The summed E-state index contributed by atoms with van der Waals surface area (Å²) < 4.78 is 25.4. The van der Waals surface area contributed by atoms with Crippen LogP contribution in [0.3, 0.4) is 0 Å².